The molecule has 15 rings (SSSR count). The van der Waals surface area contributed by atoms with Gasteiger partial charge in [-0.2, -0.15) is 0 Å². The minimum atomic E-state index is 0.988. The molecular formula is C64H40N6. The second-order valence-corrected chi connectivity index (χ2v) is 18.1. The molecule has 0 amide bonds. The van der Waals surface area contributed by atoms with Gasteiger partial charge in [0.15, 0.2) is 0 Å². The van der Waals surface area contributed by atoms with Crippen LogP contribution in [0, 0.1) is 0 Å². The number of aromatic nitrogens is 6. The van der Waals surface area contributed by atoms with Crippen LogP contribution in [0.5, 0.6) is 0 Å². The van der Waals surface area contributed by atoms with E-state index in [0.717, 1.165) is 89.1 Å². The molecule has 0 radical (unpaired) electrons. The van der Waals surface area contributed by atoms with Crippen LogP contribution in [0.25, 0.3) is 132 Å². The molecule has 9 aromatic carbocycles. The van der Waals surface area contributed by atoms with Crippen molar-refractivity contribution in [1.82, 2.24) is 28.2 Å². The highest BCUT2D eigenvalue weighted by molar-refractivity contribution is 6.18. The Kier molecular flexibility index (Phi) is 8.26. The van der Waals surface area contributed by atoms with E-state index in [0.29, 0.717) is 0 Å². The van der Waals surface area contributed by atoms with Crippen molar-refractivity contribution in [3.05, 3.63) is 243 Å². The van der Waals surface area contributed by atoms with E-state index < -0.39 is 0 Å². The molecule has 0 aliphatic heterocycles. The summed E-state index contributed by atoms with van der Waals surface area (Å²) in [7, 11) is 0. The van der Waals surface area contributed by atoms with Crippen LogP contribution < -0.4 is 0 Å². The van der Waals surface area contributed by atoms with Crippen LogP contribution in [0.2, 0.25) is 0 Å². The van der Waals surface area contributed by atoms with Gasteiger partial charge in [-0.3, -0.25) is 9.97 Å². The van der Waals surface area contributed by atoms with Gasteiger partial charge in [-0.25, -0.2) is 0 Å². The number of nitrogens with zero attached hydrogens (tertiary/aromatic N) is 6. The minimum Gasteiger partial charge on any atom is -0.306 e. The fourth-order valence-corrected chi connectivity index (χ4v) is 11.8. The quantitative estimate of drug-likeness (QED) is 0.167. The Bertz CT molecular complexity index is 3830. The van der Waals surface area contributed by atoms with Gasteiger partial charge >= 0.3 is 0 Å². The van der Waals surface area contributed by atoms with Crippen molar-refractivity contribution in [2.24, 2.45) is 0 Å². The second kappa shape index (κ2) is 15.0. The lowest BCUT2D eigenvalue weighted by molar-refractivity contribution is 1.05. The van der Waals surface area contributed by atoms with Crippen LogP contribution in [-0.4, -0.2) is 28.2 Å². The Hall–Kier alpha value is -9.52. The molecule has 6 aromatic heterocycles. The summed E-state index contributed by atoms with van der Waals surface area (Å²) in [5.41, 5.74) is 17.1. The maximum absolute atomic E-state index is 4.98. The molecule has 0 unspecified atom stereocenters. The fraction of sp³-hybridized carbons (Fsp3) is 0. The van der Waals surface area contributed by atoms with Gasteiger partial charge in [0, 0.05) is 84.6 Å². The summed E-state index contributed by atoms with van der Waals surface area (Å²) in [6, 6.07) is 79.8. The summed E-state index contributed by atoms with van der Waals surface area (Å²) in [5, 5.41) is 9.44. The molecule has 6 heteroatoms. The third kappa shape index (κ3) is 5.33. The first kappa shape index (κ1) is 38.6. The van der Waals surface area contributed by atoms with Gasteiger partial charge in [0.05, 0.1) is 66.9 Å². The van der Waals surface area contributed by atoms with Gasteiger partial charge in [-0.1, -0.05) is 152 Å². The summed E-state index contributed by atoms with van der Waals surface area (Å²) in [4.78, 5) is 9.68. The highest BCUT2D eigenvalue weighted by Gasteiger charge is 2.35. The lowest BCUT2D eigenvalue weighted by Crippen LogP contribution is -2.16. The number of para-hydroxylation sites is 8. The molecule has 0 saturated carbocycles. The highest BCUT2D eigenvalue weighted by Crippen LogP contribution is 2.54. The van der Waals surface area contributed by atoms with Gasteiger partial charge in [-0.05, 0) is 72.3 Å². The van der Waals surface area contributed by atoms with Gasteiger partial charge in [-0.15, -0.1) is 0 Å². The Morgan fingerprint density at radius 3 is 0.729 bits per heavy atom. The molecule has 0 fully saturated rings. The maximum atomic E-state index is 4.98. The molecule has 0 atom stereocenters. The normalized spacial score (nSPS) is 12.0. The molecule has 0 N–H and O–H groups in total. The molecule has 6 nitrogen and oxygen atoms in total. The topological polar surface area (TPSA) is 45.5 Å². The molecule has 0 spiro atoms. The molecule has 0 bridgehead atoms. The Labute approximate surface area is 401 Å². The minimum absolute atomic E-state index is 0.988. The molecule has 0 saturated heterocycles. The first-order valence-electron chi connectivity index (χ1n) is 23.8. The SMILES string of the molecule is c1cncc(-c2c(-n3c4ccccc4c4ccccc43)c(-n3c4ccccc4c4ccccc43)c(-c3ccncc3)c(-n3c4ccccc4c4ccccc43)c2-n2c3ccccc3c3ccccc32)c1. The van der Waals surface area contributed by atoms with E-state index in [2.05, 4.69) is 243 Å². The van der Waals surface area contributed by atoms with Gasteiger partial charge in [0.25, 0.3) is 0 Å². The van der Waals surface area contributed by atoms with E-state index in [1.54, 1.807) is 0 Å². The van der Waals surface area contributed by atoms with Crippen LogP contribution in [0.3, 0.4) is 0 Å². The zero-order valence-corrected chi connectivity index (χ0v) is 37.8. The van der Waals surface area contributed by atoms with E-state index in [9.17, 15) is 0 Å². The highest BCUT2D eigenvalue weighted by atomic mass is 15.1. The molecule has 6 heterocycles. The van der Waals surface area contributed by atoms with Crippen LogP contribution >= 0.6 is 0 Å². The molecule has 0 aliphatic carbocycles. The van der Waals surface area contributed by atoms with Crippen molar-refractivity contribution in [2.75, 3.05) is 0 Å². The van der Waals surface area contributed by atoms with Gasteiger partial charge in [0.2, 0.25) is 0 Å². The third-order valence-electron chi connectivity index (χ3n) is 14.5. The standard InChI is InChI=1S/C64H40N6/c1-9-27-51-43(19-1)44-20-2-10-28-52(44)67(51)61-59(41-35-38-65-39-36-41)62(68-53-29-11-3-21-45(53)46-22-4-12-30-54(46)68)64(70-57-33-15-7-25-49(57)50-26-8-16-34-58(50)70)60(42-18-17-37-66-40-42)63(61)69-55-31-13-5-23-47(55)48-24-6-14-32-56(48)69/h1-40H. The van der Waals surface area contributed by atoms with Crippen molar-refractivity contribution in [3.8, 4) is 45.0 Å². The van der Waals surface area contributed by atoms with Crippen molar-refractivity contribution in [2.45, 2.75) is 0 Å². The summed E-state index contributed by atoms with van der Waals surface area (Å²) in [6.07, 6.45) is 7.82. The van der Waals surface area contributed by atoms with Crippen LogP contribution in [0.1, 0.15) is 0 Å². The van der Waals surface area contributed by atoms with Crippen molar-refractivity contribution in [3.63, 3.8) is 0 Å². The summed E-state index contributed by atoms with van der Waals surface area (Å²) < 4.78 is 10.2. The predicted octanol–water partition coefficient (Wildman–Crippen LogP) is 16.2. The number of rotatable bonds is 6. The zero-order valence-electron chi connectivity index (χ0n) is 37.8. The summed E-state index contributed by atoms with van der Waals surface area (Å²) in [5.74, 6) is 0. The summed E-state index contributed by atoms with van der Waals surface area (Å²) in [6.45, 7) is 0. The van der Waals surface area contributed by atoms with Crippen LogP contribution in [0.15, 0.2) is 243 Å². The van der Waals surface area contributed by atoms with Gasteiger partial charge < -0.3 is 18.3 Å². The van der Waals surface area contributed by atoms with E-state index in [1.165, 1.54) is 43.1 Å². The van der Waals surface area contributed by atoms with E-state index >= 15 is 0 Å². The monoisotopic (exact) mass is 892 g/mol. The predicted molar refractivity (Wildman–Crippen MR) is 290 cm³/mol. The molecular weight excluding hydrogens is 853 g/mol. The van der Waals surface area contributed by atoms with Crippen LogP contribution in [0.4, 0.5) is 0 Å². The van der Waals surface area contributed by atoms with Crippen LogP contribution in [-0.2, 0) is 0 Å². The molecule has 70 heavy (non-hydrogen) atoms. The Balaban J connectivity index is 1.35. The Morgan fingerprint density at radius 1 is 0.214 bits per heavy atom. The third-order valence-corrected chi connectivity index (χ3v) is 14.5. The van der Waals surface area contributed by atoms with E-state index in [-0.39, 0.29) is 0 Å². The first-order valence-corrected chi connectivity index (χ1v) is 23.8. The zero-order chi connectivity index (χ0) is 45.9. The average Bonchev–Trinajstić information content (AvgIpc) is 4.16. The first-order chi connectivity index (χ1) is 34.8. The van der Waals surface area contributed by atoms with Crippen molar-refractivity contribution >= 4 is 87.2 Å². The number of benzene rings is 9. The van der Waals surface area contributed by atoms with Crippen molar-refractivity contribution < 1.29 is 0 Å². The van der Waals surface area contributed by atoms with E-state index in [4.69, 9.17) is 9.97 Å². The summed E-state index contributed by atoms with van der Waals surface area (Å²) >= 11 is 0. The molecule has 326 valence electrons. The van der Waals surface area contributed by atoms with E-state index in [1.807, 2.05) is 18.6 Å². The molecule has 15 aromatic rings. The Morgan fingerprint density at radius 2 is 0.471 bits per heavy atom. The average molecular weight is 893 g/mol. The lowest BCUT2D eigenvalue weighted by atomic mass is 9.91. The maximum Gasteiger partial charge on any atom is 0.0811 e. The largest absolute Gasteiger partial charge is 0.306 e. The number of fused-ring (bicyclic) bond motifs is 12. The number of pyridine rings is 2. The smallest absolute Gasteiger partial charge is 0.0811 e. The second-order valence-electron chi connectivity index (χ2n) is 18.1. The molecule has 0 aliphatic rings. The number of hydrogen-bond acceptors (Lipinski definition) is 2. The van der Waals surface area contributed by atoms with Gasteiger partial charge in [0.1, 0.15) is 0 Å². The number of hydrogen-bond donors (Lipinski definition) is 0. The van der Waals surface area contributed by atoms with Crippen molar-refractivity contribution in [1.29, 1.82) is 0 Å². The fourth-order valence-electron chi connectivity index (χ4n) is 11.8. The lowest BCUT2D eigenvalue weighted by Gasteiger charge is -2.31.